The molecule has 0 unspecified atom stereocenters. The molecule has 9 rings (SSSR count). The van der Waals surface area contributed by atoms with E-state index in [1.807, 2.05) is 24.3 Å². The third kappa shape index (κ3) is 4.46. The SMILES string of the molecule is c1ccc(-c2ccc(-c3nc(-c4ccccc4)nc(-c4cccc5c4ccc4ccc6c7ccccc7[se]c6c45)n3)cc2)cc1. The molecule has 2 aromatic heterocycles. The number of aromatic nitrogens is 3. The second-order valence-electron chi connectivity index (χ2n) is 11.2. The van der Waals surface area contributed by atoms with Crippen molar-refractivity contribution < 1.29 is 0 Å². The van der Waals surface area contributed by atoms with E-state index in [9.17, 15) is 0 Å². The Morgan fingerprint density at radius 1 is 0.356 bits per heavy atom. The third-order valence-corrected chi connectivity index (χ3v) is 11.1. The Morgan fingerprint density at radius 2 is 0.911 bits per heavy atom. The first-order valence-corrected chi connectivity index (χ1v) is 16.7. The molecule has 4 heteroatoms. The third-order valence-electron chi connectivity index (χ3n) is 8.54. The molecule has 210 valence electrons. The summed E-state index contributed by atoms with van der Waals surface area (Å²) in [5.41, 5.74) is 5.28. The van der Waals surface area contributed by atoms with Crippen LogP contribution >= 0.6 is 0 Å². The predicted molar refractivity (Wildman–Crippen MR) is 189 cm³/mol. The maximum atomic E-state index is 5.12. The van der Waals surface area contributed by atoms with Crippen molar-refractivity contribution in [2.24, 2.45) is 0 Å². The van der Waals surface area contributed by atoms with E-state index in [1.165, 1.54) is 41.0 Å². The van der Waals surface area contributed by atoms with Crippen molar-refractivity contribution in [1.82, 2.24) is 15.0 Å². The van der Waals surface area contributed by atoms with Crippen LogP contribution in [0.15, 0.2) is 152 Å². The van der Waals surface area contributed by atoms with E-state index in [-0.39, 0.29) is 14.5 Å². The number of benzene rings is 7. The van der Waals surface area contributed by atoms with Gasteiger partial charge in [0.1, 0.15) is 0 Å². The Morgan fingerprint density at radius 3 is 1.67 bits per heavy atom. The minimum Gasteiger partial charge on any atom is -0.0617 e. The van der Waals surface area contributed by atoms with Gasteiger partial charge >= 0.3 is 231 Å². The molecule has 2 heterocycles. The van der Waals surface area contributed by atoms with Crippen LogP contribution in [0, 0.1) is 0 Å². The molecule has 0 radical (unpaired) electrons. The van der Waals surface area contributed by atoms with Gasteiger partial charge in [0.05, 0.1) is 0 Å². The van der Waals surface area contributed by atoms with Crippen molar-refractivity contribution in [1.29, 1.82) is 0 Å². The fourth-order valence-electron chi connectivity index (χ4n) is 6.34. The number of hydrogen-bond acceptors (Lipinski definition) is 3. The van der Waals surface area contributed by atoms with E-state index in [2.05, 4.69) is 127 Å². The summed E-state index contributed by atoms with van der Waals surface area (Å²) in [6.45, 7) is 0. The molecular formula is C41H25N3Se. The molecule has 7 aromatic carbocycles. The predicted octanol–water partition coefficient (Wildman–Crippen LogP) is 10.2. The van der Waals surface area contributed by atoms with Crippen LogP contribution in [-0.4, -0.2) is 29.5 Å². The number of rotatable bonds is 4. The van der Waals surface area contributed by atoms with Crippen LogP contribution in [0.25, 0.3) is 86.1 Å². The van der Waals surface area contributed by atoms with E-state index in [4.69, 9.17) is 15.0 Å². The molecule has 0 fully saturated rings. The summed E-state index contributed by atoms with van der Waals surface area (Å²) in [7, 11) is 0. The van der Waals surface area contributed by atoms with E-state index in [0.29, 0.717) is 17.5 Å². The smallest absolute Gasteiger partial charge is 0.0544 e. The molecule has 0 amide bonds. The van der Waals surface area contributed by atoms with Gasteiger partial charge in [0.15, 0.2) is 0 Å². The number of fused-ring (bicyclic) bond motifs is 7. The molecule has 0 aliphatic heterocycles. The second kappa shape index (κ2) is 10.6. The minimum atomic E-state index is 0.252. The Hall–Kier alpha value is -5.41. The van der Waals surface area contributed by atoms with Crippen LogP contribution in [-0.2, 0) is 0 Å². The molecular weight excluding hydrogens is 613 g/mol. The van der Waals surface area contributed by atoms with E-state index in [0.717, 1.165) is 27.6 Å². The molecule has 0 saturated heterocycles. The van der Waals surface area contributed by atoms with E-state index in [1.54, 1.807) is 0 Å². The summed E-state index contributed by atoms with van der Waals surface area (Å²) in [6.07, 6.45) is 0. The molecule has 0 aliphatic rings. The maximum absolute atomic E-state index is 5.12. The van der Waals surface area contributed by atoms with Gasteiger partial charge in [-0.25, -0.2) is 0 Å². The van der Waals surface area contributed by atoms with Crippen LogP contribution in [0.4, 0.5) is 0 Å². The molecule has 0 aliphatic carbocycles. The monoisotopic (exact) mass is 639 g/mol. The second-order valence-corrected chi connectivity index (χ2v) is 13.4. The molecule has 0 bridgehead atoms. The fraction of sp³-hybridized carbons (Fsp3) is 0. The summed E-state index contributed by atoms with van der Waals surface area (Å²) in [4.78, 5) is 15.2. The quantitative estimate of drug-likeness (QED) is 0.142. The van der Waals surface area contributed by atoms with Gasteiger partial charge in [0.2, 0.25) is 0 Å². The summed E-state index contributed by atoms with van der Waals surface area (Å²) >= 11 is 0.252. The van der Waals surface area contributed by atoms with Gasteiger partial charge < -0.3 is 0 Å². The van der Waals surface area contributed by atoms with Crippen molar-refractivity contribution in [2.45, 2.75) is 0 Å². The normalized spacial score (nSPS) is 11.6. The van der Waals surface area contributed by atoms with Crippen LogP contribution in [0.5, 0.6) is 0 Å². The summed E-state index contributed by atoms with van der Waals surface area (Å²) in [5.74, 6) is 2.01. The van der Waals surface area contributed by atoms with Crippen molar-refractivity contribution in [3.05, 3.63) is 152 Å². The maximum Gasteiger partial charge on any atom is -0.0544 e. The average molecular weight is 639 g/mol. The Bertz CT molecular complexity index is 2520. The van der Waals surface area contributed by atoms with Gasteiger partial charge in [0, 0.05) is 0 Å². The van der Waals surface area contributed by atoms with Crippen molar-refractivity contribution in [2.75, 3.05) is 0 Å². The Labute approximate surface area is 266 Å². The van der Waals surface area contributed by atoms with E-state index < -0.39 is 0 Å². The Kier molecular flexibility index (Phi) is 6.15. The molecule has 0 N–H and O–H groups in total. The zero-order valence-corrected chi connectivity index (χ0v) is 25.9. The van der Waals surface area contributed by atoms with Gasteiger partial charge in [-0.15, -0.1) is 0 Å². The van der Waals surface area contributed by atoms with Gasteiger partial charge in [-0.1, -0.05) is 30.3 Å². The number of hydrogen-bond donors (Lipinski definition) is 0. The first-order valence-electron chi connectivity index (χ1n) is 15.0. The average Bonchev–Trinajstić information content (AvgIpc) is 3.51. The molecule has 9 aromatic rings. The standard InChI is InChI=1S/C41H25N3Se/c1-3-10-26(11-4-1)27-18-20-30(21-19-27)40-42-39(29-12-5-2-6-13-29)43-41(44-40)35-16-9-15-33-31(35)24-22-28-23-25-34-32-14-7-8-17-36(32)45-38(34)37(28)33/h1-25H. The van der Waals surface area contributed by atoms with Gasteiger partial charge in [-0.2, -0.15) is 0 Å². The largest absolute Gasteiger partial charge is 0.0617 e. The zero-order chi connectivity index (χ0) is 29.7. The van der Waals surface area contributed by atoms with Crippen LogP contribution in [0.2, 0.25) is 0 Å². The van der Waals surface area contributed by atoms with Crippen LogP contribution in [0.1, 0.15) is 0 Å². The van der Waals surface area contributed by atoms with Crippen molar-refractivity contribution >= 4 is 55.3 Å². The molecule has 0 saturated carbocycles. The van der Waals surface area contributed by atoms with Gasteiger partial charge in [0.25, 0.3) is 0 Å². The minimum absolute atomic E-state index is 0.252. The molecule has 45 heavy (non-hydrogen) atoms. The summed E-state index contributed by atoms with van der Waals surface area (Å²) in [5, 5.41) is 7.75. The van der Waals surface area contributed by atoms with Crippen LogP contribution in [0.3, 0.4) is 0 Å². The molecule has 0 spiro atoms. The van der Waals surface area contributed by atoms with Crippen LogP contribution < -0.4 is 0 Å². The number of nitrogens with zero attached hydrogens (tertiary/aromatic N) is 3. The fourth-order valence-corrected chi connectivity index (χ4v) is 9.01. The Balaban J connectivity index is 1.26. The molecule has 0 atom stereocenters. The van der Waals surface area contributed by atoms with E-state index >= 15 is 0 Å². The first kappa shape index (κ1) is 26.0. The summed E-state index contributed by atoms with van der Waals surface area (Å²) < 4.78 is 2.91. The topological polar surface area (TPSA) is 38.7 Å². The summed E-state index contributed by atoms with van der Waals surface area (Å²) in [6, 6.07) is 53.5. The molecule has 3 nitrogen and oxygen atoms in total. The van der Waals surface area contributed by atoms with Gasteiger partial charge in [-0.05, 0) is 5.56 Å². The van der Waals surface area contributed by atoms with Gasteiger partial charge in [-0.3, -0.25) is 0 Å². The van der Waals surface area contributed by atoms with Crippen molar-refractivity contribution in [3.8, 4) is 45.3 Å². The first-order chi connectivity index (χ1) is 22.3. The zero-order valence-electron chi connectivity index (χ0n) is 24.2. The van der Waals surface area contributed by atoms with Crippen molar-refractivity contribution in [3.63, 3.8) is 0 Å².